The number of carbonyl (C=O) groups is 2. The van der Waals surface area contributed by atoms with Gasteiger partial charge in [-0.2, -0.15) is 0 Å². The zero-order chi connectivity index (χ0) is 14.1. The van der Waals surface area contributed by atoms with Crippen LogP contribution in [0.3, 0.4) is 0 Å². The van der Waals surface area contributed by atoms with Crippen LogP contribution in [0.5, 0.6) is 5.75 Å². The summed E-state index contributed by atoms with van der Waals surface area (Å²) in [6.07, 6.45) is 2.78. The number of anilines is 1. The van der Waals surface area contributed by atoms with Crippen molar-refractivity contribution in [3.8, 4) is 5.75 Å². The molecular formula is C14H11N3O3. The summed E-state index contributed by atoms with van der Waals surface area (Å²) < 4.78 is 5.46. The number of ether oxygens (including phenoxy) is 1. The first-order valence-electron chi connectivity index (χ1n) is 6.15. The summed E-state index contributed by atoms with van der Waals surface area (Å²) in [5.41, 5.74) is 0.553. The number of aromatic nitrogens is 2. The highest BCUT2D eigenvalue weighted by atomic mass is 16.5. The van der Waals surface area contributed by atoms with Crippen LogP contribution in [-0.2, 0) is 0 Å². The lowest BCUT2D eigenvalue weighted by Gasteiger charge is -2.17. The molecule has 6 heteroatoms. The maximum atomic E-state index is 12.3. The van der Waals surface area contributed by atoms with Crippen molar-refractivity contribution in [2.75, 3.05) is 11.5 Å². The van der Waals surface area contributed by atoms with Crippen LogP contribution >= 0.6 is 0 Å². The fourth-order valence-corrected chi connectivity index (χ4v) is 2.09. The average molecular weight is 269 g/mol. The van der Waals surface area contributed by atoms with E-state index in [0.717, 1.165) is 4.90 Å². The lowest BCUT2D eigenvalue weighted by molar-refractivity contribution is 0.0922. The van der Waals surface area contributed by atoms with Gasteiger partial charge in [0.25, 0.3) is 11.8 Å². The number of hydrogen-bond acceptors (Lipinski definition) is 5. The molecule has 1 aromatic heterocycles. The second-order valence-corrected chi connectivity index (χ2v) is 4.10. The highest BCUT2D eigenvalue weighted by Gasteiger charge is 2.40. The van der Waals surface area contributed by atoms with Gasteiger partial charge >= 0.3 is 0 Å². The van der Waals surface area contributed by atoms with Gasteiger partial charge in [0.2, 0.25) is 0 Å². The van der Waals surface area contributed by atoms with Crippen molar-refractivity contribution in [1.29, 1.82) is 0 Å². The van der Waals surface area contributed by atoms with Gasteiger partial charge in [-0.1, -0.05) is 12.1 Å². The fourth-order valence-electron chi connectivity index (χ4n) is 2.09. The standard InChI is InChI=1S/C14H11N3O3/c1-2-20-10-6-4-3-5-9(10)17-13(18)11-12(14(17)19)16-8-7-15-11/h3-8H,2H2,1H3. The van der Waals surface area contributed by atoms with Gasteiger partial charge in [-0.05, 0) is 19.1 Å². The molecule has 0 saturated carbocycles. The molecule has 0 saturated heterocycles. The zero-order valence-corrected chi connectivity index (χ0v) is 10.7. The molecule has 6 nitrogen and oxygen atoms in total. The quantitative estimate of drug-likeness (QED) is 0.792. The Balaban J connectivity index is 2.10. The van der Waals surface area contributed by atoms with Gasteiger partial charge in [-0.3, -0.25) is 9.59 Å². The number of benzene rings is 1. The van der Waals surface area contributed by atoms with Crippen LogP contribution in [0, 0.1) is 0 Å². The number of imide groups is 1. The molecule has 0 radical (unpaired) electrons. The Labute approximate surface area is 115 Å². The van der Waals surface area contributed by atoms with Gasteiger partial charge in [0.1, 0.15) is 5.75 Å². The van der Waals surface area contributed by atoms with Crippen molar-refractivity contribution < 1.29 is 14.3 Å². The molecule has 1 aliphatic heterocycles. The summed E-state index contributed by atoms with van der Waals surface area (Å²) in [6.45, 7) is 2.28. The Morgan fingerprint density at radius 1 is 1.05 bits per heavy atom. The van der Waals surface area contributed by atoms with Crippen LogP contribution in [0.4, 0.5) is 5.69 Å². The molecule has 2 heterocycles. The Morgan fingerprint density at radius 2 is 1.65 bits per heavy atom. The first kappa shape index (κ1) is 12.3. The molecule has 0 unspecified atom stereocenters. The number of carbonyl (C=O) groups excluding carboxylic acids is 2. The summed E-state index contributed by atoms with van der Waals surface area (Å²) in [7, 11) is 0. The second-order valence-electron chi connectivity index (χ2n) is 4.10. The van der Waals surface area contributed by atoms with Crippen molar-refractivity contribution in [3.63, 3.8) is 0 Å². The van der Waals surface area contributed by atoms with E-state index in [-0.39, 0.29) is 11.4 Å². The van der Waals surface area contributed by atoms with E-state index in [1.807, 2.05) is 6.92 Å². The zero-order valence-electron chi connectivity index (χ0n) is 10.7. The summed E-state index contributed by atoms with van der Waals surface area (Å²) in [4.78, 5) is 33.5. The van der Waals surface area contributed by atoms with E-state index in [2.05, 4.69) is 9.97 Å². The minimum atomic E-state index is -0.481. The van der Waals surface area contributed by atoms with E-state index in [1.165, 1.54) is 12.4 Å². The predicted octanol–water partition coefficient (Wildman–Crippen LogP) is 1.68. The molecule has 1 aromatic carbocycles. The van der Waals surface area contributed by atoms with Gasteiger partial charge in [0.05, 0.1) is 12.3 Å². The summed E-state index contributed by atoms with van der Waals surface area (Å²) in [5, 5.41) is 0. The molecule has 0 bridgehead atoms. The highest BCUT2D eigenvalue weighted by molar-refractivity contribution is 6.33. The molecule has 0 N–H and O–H groups in total. The van der Waals surface area contributed by atoms with Gasteiger partial charge in [-0.15, -0.1) is 0 Å². The topological polar surface area (TPSA) is 72.4 Å². The number of para-hydroxylation sites is 2. The minimum absolute atomic E-state index is 0.0730. The lowest BCUT2D eigenvalue weighted by atomic mass is 10.2. The minimum Gasteiger partial charge on any atom is -0.492 e. The van der Waals surface area contributed by atoms with Gasteiger partial charge in [-0.25, -0.2) is 14.9 Å². The first-order valence-corrected chi connectivity index (χ1v) is 6.15. The maximum Gasteiger partial charge on any atom is 0.286 e. The Hall–Kier alpha value is -2.76. The molecule has 0 spiro atoms. The van der Waals surface area contributed by atoms with E-state index in [1.54, 1.807) is 24.3 Å². The van der Waals surface area contributed by atoms with E-state index < -0.39 is 11.8 Å². The summed E-state index contributed by atoms with van der Waals surface area (Å²) in [6, 6.07) is 6.89. The number of hydrogen-bond donors (Lipinski definition) is 0. The van der Waals surface area contributed by atoms with Crippen molar-refractivity contribution >= 4 is 17.5 Å². The number of nitrogens with zero attached hydrogens (tertiary/aromatic N) is 3. The van der Waals surface area contributed by atoms with Gasteiger partial charge in [0, 0.05) is 12.4 Å². The SMILES string of the molecule is CCOc1ccccc1N1C(=O)c2nccnc2C1=O. The lowest BCUT2D eigenvalue weighted by Crippen LogP contribution is -2.30. The monoisotopic (exact) mass is 269 g/mol. The molecule has 100 valence electrons. The first-order chi connectivity index (χ1) is 9.74. The second kappa shape index (κ2) is 4.73. The molecule has 2 aromatic rings. The predicted molar refractivity (Wildman–Crippen MR) is 70.8 cm³/mol. The van der Waals surface area contributed by atoms with Gasteiger partial charge < -0.3 is 4.74 Å². The fraction of sp³-hybridized carbons (Fsp3) is 0.143. The van der Waals surface area contributed by atoms with Crippen molar-refractivity contribution in [1.82, 2.24) is 9.97 Å². The van der Waals surface area contributed by atoms with E-state index in [9.17, 15) is 9.59 Å². The molecule has 0 atom stereocenters. The third kappa shape index (κ3) is 1.73. The molecule has 2 amide bonds. The van der Waals surface area contributed by atoms with Crippen molar-refractivity contribution in [2.24, 2.45) is 0 Å². The molecular weight excluding hydrogens is 258 g/mol. The number of fused-ring (bicyclic) bond motifs is 1. The van der Waals surface area contributed by atoms with Crippen LogP contribution in [0.1, 0.15) is 27.9 Å². The maximum absolute atomic E-state index is 12.3. The molecule has 0 aliphatic carbocycles. The van der Waals surface area contributed by atoms with Gasteiger partial charge in [0.15, 0.2) is 11.4 Å². The van der Waals surface area contributed by atoms with Crippen LogP contribution in [0.25, 0.3) is 0 Å². The molecule has 1 aliphatic rings. The van der Waals surface area contributed by atoms with E-state index in [0.29, 0.717) is 18.0 Å². The number of rotatable bonds is 3. The van der Waals surface area contributed by atoms with Crippen LogP contribution in [0.2, 0.25) is 0 Å². The normalized spacial score (nSPS) is 13.6. The van der Waals surface area contributed by atoms with Crippen LogP contribution in [0.15, 0.2) is 36.7 Å². The van der Waals surface area contributed by atoms with Crippen molar-refractivity contribution in [3.05, 3.63) is 48.0 Å². The Bertz CT molecular complexity index is 665. The average Bonchev–Trinajstić information content (AvgIpc) is 2.73. The molecule has 3 rings (SSSR count). The molecule has 0 fully saturated rings. The summed E-state index contributed by atoms with van der Waals surface area (Å²) >= 11 is 0. The van der Waals surface area contributed by atoms with Crippen molar-refractivity contribution in [2.45, 2.75) is 6.92 Å². The van der Waals surface area contributed by atoms with E-state index >= 15 is 0 Å². The highest BCUT2D eigenvalue weighted by Crippen LogP contribution is 2.33. The third-order valence-corrected chi connectivity index (χ3v) is 2.92. The van der Waals surface area contributed by atoms with Crippen LogP contribution < -0.4 is 9.64 Å². The Morgan fingerprint density at radius 3 is 2.25 bits per heavy atom. The molecule has 20 heavy (non-hydrogen) atoms. The smallest absolute Gasteiger partial charge is 0.286 e. The summed E-state index contributed by atoms with van der Waals surface area (Å²) in [5.74, 6) is -0.486. The number of amides is 2. The Kier molecular flexibility index (Phi) is 2.90. The largest absolute Gasteiger partial charge is 0.492 e. The van der Waals surface area contributed by atoms with E-state index in [4.69, 9.17) is 4.74 Å². The third-order valence-electron chi connectivity index (χ3n) is 2.92. The van der Waals surface area contributed by atoms with Crippen LogP contribution in [-0.4, -0.2) is 28.4 Å².